The first-order chi connectivity index (χ1) is 22.8. The zero-order valence-corrected chi connectivity index (χ0v) is 27.8. The standard InChI is InChI=1S/C39H47FN4O3/c1-4-44-37(23-33(41-44)21-28-13-15-35(16-14-28)47-34-11-6-5-7-12-34)29-17-19-42(20-18-29)24-31-25-43(38(27(2)3)39(45)46)26-36(31)30-9-8-10-32(40)22-30/h5-16,22-23,27,29,31,36,38H,4,17-21,24-26H2,1-3H3,(H,45,46)/t31-,36+,38+/m0/s1. The Hall–Kier alpha value is -4.01. The molecule has 1 N–H and O–H groups in total. The summed E-state index contributed by atoms with van der Waals surface area (Å²) in [4.78, 5) is 16.9. The smallest absolute Gasteiger partial charge is 0.321 e. The number of benzene rings is 3. The number of para-hydroxylation sites is 1. The van der Waals surface area contributed by atoms with E-state index in [0.29, 0.717) is 19.0 Å². The molecule has 3 aromatic carbocycles. The van der Waals surface area contributed by atoms with Crippen LogP contribution in [0.2, 0.25) is 0 Å². The van der Waals surface area contributed by atoms with Crippen LogP contribution in [0.4, 0.5) is 4.39 Å². The number of halogens is 1. The number of carboxylic acid groups (broad SMARTS) is 1. The van der Waals surface area contributed by atoms with Crippen molar-refractivity contribution in [3.63, 3.8) is 0 Å². The van der Waals surface area contributed by atoms with Crippen molar-refractivity contribution in [3.8, 4) is 11.5 Å². The van der Waals surface area contributed by atoms with Crippen molar-refractivity contribution < 1.29 is 19.0 Å². The van der Waals surface area contributed by atoms with Crippen molar-refractivity contribution in [2.45, 2.75) is 64.5 Å². The molecule has 2 fully saturated rings. The molecule has 248 valence electrons. The Morgan fingerprint density at radius 2 is 1.68 bits per heavy atom. The first-order valence-electron chi connectivity index (χ1n) is 17.1. The molecular weight excluding hydrogens is 591 g/mol. The topological polar surface area (TPSA) is 70.8 Å². The zero-order chi connectivity index (χ0) is 32.9. The van der Waals surface area contributed by atoms with Gasteiger partial charge >= 0.3 is 5.97 Å². The third-order valence-corrected chi connectivity index (χ3v) is 9.97. The van der Waals surface area contributed by atoms with E-state index >= 15 is 0 Å². The summed E-state index contributed by atoms with van der Waals surface area (Å²) in [6, 6.07) is 26.7. The fourth-order valence-electron chi connectivity index (χ4n) is 7.70. The van der Waals surface area contributed by atoms with Crippen molar-refractivity contribution in [1.82, 2.24) is 19.6 Å². The highest BCUT2D eigenvalue weighted by atomic mass is 19.1. The van der Waals surface area contributed by atoms with Crippen molar-refractivity contribution in [2.75, 3.05) is 32.7 Å². The second-order valence-electron chi connectivity index (χ2n) is 13.6. The van der Waals surface area contributed by atoms with E-state index in [-0.39, 0.29) is 23.6 Å². The maximum Gasteiger partial charge on any atom is 0.321 e. The van der Waals surface area contributed by atoms with Crippen LogP contribution in [0, 0.1) is 17.7 Å². The van der Waals surface area contributed by atoms with Crippen LogP contribution < -0.4 is 4.74 Å². The Balaban J connectivity index is 1.08. The van der Waals surface area contributed by atoms with Crippen LogP contribution in [-0.2, 0) is 17.8 Å². The molecule has 0 aliphatic carbocycles. The first-order valence-corrected chi connectivity index (χ1v) is 17.1. The molecular formula is C39H47FN4O3. The number of likely N-dealkylation sites (tertiary alicyclic amines) is 2. The third kappa shape index (κ3) is 7.94. The molecule has 6 rings (SSSR count). The van der Waals surface area contributed by atoms with Gasteiger partial charge in [-0.3, -0.25) is 14.4 Å². The van der Waals surface area contributed by atoms with Crippen LogP contribution in [-0.4, -0.2) is 69.4 Å². The molecule has 3 atom stereocenters. The van der Waals surface area contributed by atoms with Gasteiger partial charge in [-0.15, -0.1) is 0 Å². The average molecular weight is 639 g/mol. The molecule has 7 nitrogen and oxygen atoms in total. The van der Waals surface area contributed by atoms with E-state index < -0.39 is 12.0 Å². The molecule has 0 spiro atoms. The fraction of sp³-hybridized carbons (Fsp3) is 0.436. The lowest BCUT2D eigenvalue weighted by Crippen LogP contribution is -2.44. The Labute approximate surface area is 278 Å². The number of rotatable bonds is 12. The highest BCUT2D eigenvalue weighted by Crippen LogP contribution is 2.37. The van der Waals surface area contributed by atoms with Crippen molar-refractivity contribution in [1.29, 1.82) is 0 Å². The number of aryl methyl sites for hydroxylation is 1. The highest BCUT2D eigenvalue weighted by Gasteiger charge is 2.41. The molecule has 47 heavy (non-hydrogen) atoms. The minimum absolute atomic E-state index is 0.00326. The van der Waals surface area contributed by atoms with Crippen molar-refractivity contribution >= 4 is 5.97 Å². The minimum Gasteiger partial charge on any atom is -0.480 e. The van der Waals surface area contributed by atoms with Gasteiger partial charge in [0.15, 0.2) is 0 Å². The van der Waals surface area contributed by atoms with Crippen molar-refractivity contribution in [2.24, 2.45) is 11.8 Å². The van der Waals surface area contributed by atoms with E-state index in [0.717, 1.165) is 68.2 Å². The summed E-state index contributed by atoms with van der Waals surface area (Å²) in [5, 5.41) is 15.0. The van der Waals surface area contributed by atoms with Gasteiger partial charge in [0, 0.05) is 50.1 Å². The maximum absolute atomic E-state index is 14.3. The molecule has 0 bridgehead atoms. The average Bonchev–Trinajstić information content (AvgIpc) is 3.66. The Morgan fingerprint density at radius 1 is 0.957 bits per heavy atom. The van der Waals surface area contributed by atoms with Crippen LogP contribution >= 0.6 is 0 Å². The molecule has 4 aromatic rings. The second kappa shape index (κ2) is 14.8. The van der Waals surface area contributed by atoms with E-state index in [1.54, 1.807) is 12.1 Å². The third-order valence-electron chi connectivity index (χ3n) is 9.97. The number of hydrogen-bond acceptors (Lipinski definition) is 5. The van der Waals surface area contributed by atoms with Gasteiger partial charge in [0.25, 0.3) is 0 Å². The molecule has 2 saturated heterocycles. The SMILES string of the molecule is CCn1nc(Cc2ccc(Oc3ccccc3)cc2)cc1C1CCN(C[C@H]2CN([C@@H](C(=O)O)C(C)C)C[C@@H]2c2cccc(F)c2)CC1. The monoisotopic (exact) mass is 638 g/mol. The predicted octanol–water partition coefficient (Wildman–Crippen LogP) is 7.43. The van der Waals surface area contributed by atoms with Crippen LogP contribution in [0.15, 0.2) is 84.9 Å². The van der Waals surface area contributed by atoms with E-state index in [2.05, 4.69) is 39.6 Å². The van der Waals surface area contributed by atoms with Crippen LogP contribution in [0.1, 0.15) is 68.0 Å². The number of carboxylic acids is 1. The maximum atomic E-state index is 14.3. The van der Waals surface area contributed by atoms with E-state index in [1.165, 1.54) is 17.3 Å². The summed E-state index contributed by atoms with van der Waals surface area (Å²) < 4.78 is 22.4. The first kappa shape index (κ1) is 32.9. The summed E-state index contributed by atoms with van der Waals surface area (Å²) in [5.74, 6) is 1.42. The zero-order valence-electron chi connectivity index (χ0n) is 27.8. The summed E-state index contributed by atoms with van der Waals surface area (Å²) >= 11 is 0. The van der Waals surface area contributed by atoms with Gasteiger partial charge in [-0.1, -0.05) is 56.3 Å². The lowest BCUT2D eigenvalue weighted by atomic mass is 9.87. The van der Waals surface area contributed by atoms with Crippen LogP contribution in [0.5, 0.6) is 11.5 Å². The molecule has 0 saturated carbocycles. The van der Waals surface area contributed by atoms with Gasteiger partial charge in [-0.2, -0.15) is 5.10 Å². The number of aliphatic carboxylic acids is 1. The number of aromatic nitrogens is 2. The number of hydrogen-bond donors (Lipinski definition) is 1. The highest BCUT2D eigenvalue weighted by molar-refractivity contribution is 5.73. The molecule has 2 aliphatic rings. The lowest BCUT2D eigenvalue weighted by molar-refractivity contribution is -0.144. The number of carbonyl (C=O) groups is 1. The van der Waals surface area contributed by atoms with E-state index in [4.69, 9.17) is 9.84 Å². The fourth-order valence-corrected chi connectivity index (χ4v) is 7.70. The van der Waals surface area contributed by atoms with Crippen molar-refractivity contribution in [3.05, 3.63) is 113 Å². The lowest BCUT2D eigenvalue weighted by Gasteiger charge is -2.35. The second-order valence-corrected chi connectivity index (χ2v) is 13.6. The van der Waals surface area contributed by atoms with E-state index in [1.807, 2.05) is 62.4 Å². The normalized spacial score (nSPS) is 20.1. The summed E-state index contributed by atoms with van der Waals surface area (Å²) in [5.41, 5.74) is 4.58. The Bertz CT molecular complexity index is 1610. The van der Waals surface area contributed by atoms with Gasteiger partial charge < -0.3 is 14.7 Å². The van der Waals surface area contributed by atoms with Gasteiger partial charge in [-0.25, -0.2) is 4.39 Å². The van der Waals surface area contributed by atoms with Gasteiger partial charge in [-0.05, 0) is 98.3 Å². The molecule has 1 aromatic heterocycles. The predicted molar refractivity (Wildman–Crippen MR) is 183 cm³/mol. The quantitative estimate of drug-likeness (QED) is 0.174. The molecule has 0 unspecified atom stereocenters. The number of piperidine rings is 1. The molecule has 8 heteroatoms. The van der Waals surface area contributed by atoms with Crippen LogP contribution in [0.3, 0.4) is 0 Å². The molecule has 2 aliphatic heterocycles. The van der Waals surface area contributed by atoms with E-state index in [9.17, 15) is 14.3 Å². The van der Waals surface area contributed by atoms with Crippen LogP contribution in [0.25, 0.3) is 0 Å². The van der Waals surface area contributed by atoms with Gasteiger partial charge in [0.05, 0.1) is 5.69 Å². The molecule has 0 amide bonds. The van der Waals surface area contributed by atoms with Gasteiger partial charge in [0.2, 0.25) is 0 Å². The summed E-state index contributed by atoms with van der Waals surface area (Å²) in [7, 11) is 0. The number of ether oxygens (including phenoxy) is 1. The number of nitrogens with zero attached hydrogens (tertiary/aromatic N) is 4. The largest absolute Gasteiger partial charge is 0.480 e. The molecule has 0 radical (unpaired) electrons. The molecule has 3 heterocycles. The summed E-state index contributed by atoms with van der Waals surface area (Å²) in [6.45, 7) is 11.1. The van der Waals surface area contributed by atoms with Gasteiger partial charge in [0.1, 0.15) is 23.4 Å². The summed E-state index contributed by atoms with van der Waals surface area (Å²) in [6.07, 6.45) is 2.89. The minimum atomic E-state index is -0.777. The Kier molecular flexibility index (Phi) is 10.4. The Morgan fingerprint density at radius 3 is 2.34 bits per heavy atom.